The highest BCUT2D eigenvalue weighted by Crippen LogP contribution is 2.38. The average Bonchev–Trinajstić information content (AvgIpc) is 3.21. The van der Waals surface area contributed by atoms with Crippen LogP contribution in [0.3, 0.4) is 0 Å². The first kappa shape index (κ1) is 34.0. The van der Waals surface area contributed by atoms with Crippen LogP contribution in [0.25, 0.3) is 0 Å². The predicted molar refractivity (Wildman–Crippen MR) is 157 cm³/mol. The number of nitrogens with zero attached hydrogens (tertiary/aromatic N) is 1. The third-order valence-corrected chi connectivity index (χ3v) is 12.4. The molecule has 1 fully saturated rings. The Morgan fingerprint density at radius 2 is 1.68 bits per heavy atom. The van der Waals surface area contributed by atoms with Crippen molar-refractivity contribution in [2.24, 2.45) is 0 Å². The number of rotatable bonds is 4. The minimum absolute atomic E-state index is 0.0722. The van der Waals surface area contributed by atoms with E-state index in [4.69, 9.17) is 9.16 Å². The zero-order valence-electron chi connectivity index (χ0n) is 25.7. The van der Waals surface area contributed by atoms with Crippen molar-refractivity contribution >= 4 is 32.2 Å². The molecular formula is C29H51N3O7Si+. The van der Waals surface area contributed by atoms with Gasteiger partial charge in [-0.15, -0.1) is 0 Å². The lowest BCUT2D eigenvalue weighted by Crippen LogP contribution is -2.58. The Hall–Kier alpha value is -2.24. The van der Waals surface area contributed by atoms with E-state index < -0.39 is 50.0 Å². The number of carbonyl (C=O) groups is 4. The van der Waals surface area contributed by atoms with Crippen LogP contribution >= 0.6 is 0 Å². The van der Waals surface area contributed by atoms with Crippen molar-refractivity contribution < 1.29 is 33.4 Å². The van der Waals surface area contributed by atoms with Crippen LogP contribution in [0, 0.1) is 0 Å². The summed E-state index contributed by atoms with van der Waals surface area (Å²) >= 11 is 0. The standard InChI is InChI=1S/C29H51N3O7Si/c1-28(2,3)38-27(37)31-21-16-14-12-10-9-11-13-15-17-22(26(35)36)30-24(33)23-18-20(19-32(23)25(21)34)39-40(7,8)29(4,5)6/h11,13,20-23H,9-10,12,14-19H2,1-8H3,(H,30,33)(H,31,37)(H,35,36)/q+1. The van der Waals surface area contributed by atoms with E-state index in [-0.39, 0.29) is 36.4 Å². The lowest BCUT2D eigenvalue weighted by atomic mass is 10.0. The van der Waals surface area contributed by atoms with Gasteiger partial charge in [0.1, 0.15) is 17.7 Å². The van der Waals surface area contributed by atoms with Gasteiger partial charge in [-0.3, -0.25) is 4.79 Å². The van der Waals surface area contributed by atoms with Crippen LogP contribution in [0.5, 0.6) is 0 Å². The van der Waals surface area contributed by atoms with E-state index in [1.165, 1.54) is 4.90 Å². The first-order chi connectivity index (χ1) is 18.4. The van der Waals surface area contributed by atoms with Crippen LogP contribution in [0.4, 0.5) is 4.79 Å². The van der Waals surface area contributed by atoms with Gasteiger partial charge in [-0.25, -0.2) is 14.4 Å². The molecule has 3 N–H and O–H groups in total. The molecule has 227 valence electrons. The average molecular weight is 582 g/mol. The molecule has 2 heterocycles. The summed E-state index contributed by atoms with van der Waals surface area (Å²) in [4.78, 5) is 53.6. The van der Waals surface area contributed by atoms with Gasteiger partial charge in [-0.1, -0.05) is 50.7 Å². The zero-order valence-corrected chi connectivity index (χ0v) is 26.7. The van der Waals surface area contributed by atoms with Gasteiger partial charge in [0.15, 0.2) is 20.9 Å². The highest BCUT2D eigenvalue weighted by atomic mass is 28.4. The second-order valence-electron chi connectivity index (χ2n) is 13.5. The summed E-state index contributed by atoms with van der Waals surface area (Å²) in [5, 5.41) is 15.1. The summed E-state index contributed by atoms with van der Waals surface area (Å²) in [5.41, 5.74) is -0.734. The number of fused-ring (bicyclic) bond motifs is 1. The Balaban J connectivity index is 2.40. The Kier molecular flexibility index (Phi) is 12.0. The summed E-state index contributed by atoms with van der Waals surface area (Å²) in [7, 11) is -2.23. The summed E-state index contributed by atoms with van der Waals surface area (Å²) in [6.45, 7) is 16.1. The summed E-state index contributed by atoms with van der Waals surface area (Å²) in [6.07, 6.45) is 7.69. The van der Waals surface area contributed by atoms with E-state index in [0.29, 0.717) is 12.8 Å². The molecule has 0 aromatic rings. The van der Waals surface area contributed by atoms with Crippen LogP contribution in [0.1, 0.15) is 92.9 Å². The summed E-state index contributed by atoms with van der Waals surface area (Å²) in [5.74, 6) is -2.02. The molecule has 0 saturated carbocycles. The molecule has 40 heavy (non-hydrogen) atoms. The van der Waals surface area contributed by atoms with Gasteiger partial charge in [-0.2, -0.15) is 0 Å². The third-order valence-electron chi connectivity index (χ3n) is 7.87. The maximum Gasteiger partial charge on any atom is 0.408 e. The predicted octanol–water partition coefficient (Wildman–Crippen LogP) is 4.58. The van der Waals surface area contributed by atoms with Crippen molar-refractivity contribution in [1.29, 1.82) is 0 Å². The van der Waals surface area contributed by atoms with Crippen molar-refractivity contribution in [1.82, 2.24) is 15.5 Å². The van der Waals surface area contributed by atoms with Gasteiger partial charge in [0, 0.05) is 6.42 Å². The van der Waals surface area contributed by atoms with Crippen LogP contribution in [-0.4, -0.2) is 73.7 Å². The van der Waals surface area contributed by atoms with Gasteiger partial charge in [0.25, 0.3) is 5.91 Å². The highest BCUT2D eigenvalue weighted by Gasteiger charge is 2.54. The molecule has 3 amide bonds. The molecule has 2 rings (SSSR count). The summed E-state index contributed by atoms with van der Waals surface area (Å²) in [6, 6.07) is -2.86. The molecule has 10 nitrogen and oxygen atoms in total. The monoisotopic (exact) mass is 581 g/mol. The number of hydrogen-bond donors (Lipinski definition) is 3. The highest BCUT2D eigenvalue weighted by molar-refractivity contribution is 6.74. The topological polar surface area (TPSA) is 137 Å². The van der Waals surface area contributed by atoms with Crippen molar-refractivity contribution in [2.75, 3.05) is 6.54 Å². The van der Waals surface area contributed by atoms with Crippen molar-refractivity contribution in [2.45, 2.75) is 141 Å². The lowest BCUT2D eigenvalue weighted by molar-refractivity contribution is -0.142. The molecule has 1 saturated heterocycles. The summed E-state index contributed by atoms with van der Waals surface area (Å²) < 4.78 is 12.0. The number of allylic oxidation sites excluding steroid dienone is 2. The Morgan fingerprint density at radius 1 is 1.02 bits per heavy atom. The van der Waals surface area contributed by atoms with E-state index >= 15 is 0 Å². The first-order valence-electron chi connectivity index (χ1n) is 14.6. The van der Waals surface area contributed by atoms with Gasteiger partial charge >= 0.3 is 18.0 Å². The first-order valence-corrected chi connectivity index (χ1v) is 17.5. The lowest BCUT2D eigenvalue weighted by Gasteiger charge is -2.37. The minimum Gasteiger partial charge on any atom is -0.480 e. The molecule has 0 spiro atoms. The second-order valence-corrected chi connectivity index (χ2v) is 18.3. The fourth-order valence-electron chi connectivity index (χ4n) is 4.69. The van der Waals surface area contributed by atoms with Gasteiger partial charge in [0.2, 0.25) is 6.04 Å². The van der Waals surface area contributed by atoms with Gasteiger partial charge < -0.3 is 24.9 Å². The van der Waals surface area contributed by atoms with E-state index in [1.54, 1.807) is 20.8 Å². The number of alkyl carbamates (subject to hydrolysis) is 1. The number of carbonyl (C=O) groups excluding carboxylic acids is 3. The number of carboxylic acids is 1. The maximum absolute atomic E-state index is 14.0. The van der Waals surface area contributed by atoms with E-state index in [1.807, 2.05) is 12.2 Å². The van der Waals surface area contributed by atoms with E-state index in [9.17, 15) is 24.3 Å². The van der Waals surface area contributed by atoms with Gasteiger partial charge in [-0.05, 0) is 71.0 Å². The van der Waals surface area contributed by atoms with Crippen molar-refractivity contribution in [3.63, 3.8) is 0 Å². The van der Waals surface area contributed by atoms with Crippen molar-refractivity contribution in [3.8, 4) is 0 Å². The van der Waals surface area contributed by atoms with Crippen LogP contribution in [0.2, 0.25) is 18.1 Å². The smallest absolute Gasteiger partial charge is 0.408 e. The minimum atomic E-state index is -2.23. The zero-order chi connectivity index (χ0) is 30.3. The van der Waals surface area contributed by atoms with Crippen LogP contribution in [-0.2, 0) is 23.5 Å². The maximum atomic E-state index is 14.0. The molecule has 11 heteroatoms. The van der Waals surface area contributed by atoms with Crippen LogP contribution in [0.15, 0.2) is 12.2 Å². The fraction of sp³-hybridized carbons (Fsp3) is 0.793. The molecule has 1 radical (unpaired) electrons. The Labute approximate surface area is 240 Å². The Bertz CT molecular complexity index is 939. The number of ether oxygens (including phenoxy) is 1. The fourth-order valence-corrected chi connectivity index (χ4v) is 6.04. The molecule has 0 aromatic heterocycles. The largest absolute Gasteiger partial charge is 0.480 e. The molecule has 2 aliphatic rings. The number of hydrogen-bond acceptors (Lipinski definition) is 6. The molecule has 2 aliphatic heterocycles. The molecule has 0 aromatic carbocycles. The molecule has 4 unspecified atom stereocenters. The molecule has 0 aliphatic carbocycles. The van der Waals surface area contributed by atoms with E-state index in [2.05, 4.69) is 44.5 Å². The van der Waals surface area contributed by atoms with Gasteiger partial charge in [0.05, 0.1) is 0 Å². The number of aliphatic carboxylic acids is 1. The number of amides is 3. The molecular weight excluding hydrogens is 530 g/mol. The van der Waals surface area contributed by atoms with E-state index in [0.717, 1.165) is 25.7 Å². The molecule has 0 bridgehead atoms. The number of carboxylic acid groups (broad SMARTS) is 1. The quantitative estimate of drug-likeness (QED) is 0.251. The van der Waals surface area contributed by atoms with Crippen molar-refractivity contribution in [3.05, 3.63) is 12.2 Å². The normalized spacial score (nSPS) is 26.6. The SMILES string of the molecule is CC(C)(C)OC(=O)NC1CCCCCC=CCCC(C(=O)O)NC(=O)C2CC(O[Si](C)(C)C(C)(C)C)C[N+]2C1=O. The second kappa shape index (κ2) is 14.1. The third kappa shape index (κ3) is 10.3. The van der Waals surface area contributed by atoms with Crippen LogP contribution < -0.4 is 15.5 Å². The molecule has 4 atom stereocenters. The number of nitrogens with one attached hydrogen (secondary N) is 2. The Morgan fingerprint density at radius 3 is 2.27 bits per heavy atom.